The second-order valence-electron chi connectivity index (χ2n) is 6.55. The van der Waals surface area contributed by atoms with Crippen molar-refractivity contribution >= 4 is 21.9 Å². The Labute approximate surface area is 169 Å². The molecule has 0 radical (unpaired) electrons. The van der Waals surface area contributed by atoms with E-state index in [4.69, 9.17) is 9.15 Å². The molecule has 0 amide bonds. The van der Waals surface area contributed by atoms with Crippen LogP contribution in [0.2, 0.25) is 0 Å². The SMILES string of the molecule is CN=C(NCc1ccc(OC)c(Br)c1)NCC(c1ccco1)N1CCCC1. The minimum Gasteiger partial charge on any atom is -0.496 e. The van der Waals surface area contributed by atoms with E-state index in [1.807, 2.05) is 18.2 Å². The van der Waals surface area contributed by atoms with E-state index in [0.717, 1.165) is 47.1 Å². The Balaban J connectivity index is 1.57. The van der Waals surface area contributed by atoms with Crippen molar-refractivity contribution in [3.63, 3.8) is 0 Å². The maximum Gasteiger partial charge on any atom is 0.191 e. The molecule has 0 bridgehead atoms. The lowest BCUT2D eigenvalue weighted by Gasteiger charge is -2.26. The molecular formula is C20H27BrN4O2. The Bertz CT molecular complexity index is 742. The normalized spacial score (nSPS) is 16.3. The van der Waals surface area contributed by atoms with Crippen LogP contribution < -0.4 is 15.4 Å². The van der Waals surface area contributed by atoms with Crippen LogP contribution >= 0.6 is 15.9 Å². The molecule has 1 unspecified atom stereocenters. The molecule has 1 aromatic heterocycles. The van der Waals surface area contributed by atoms with Crippen LogP contribution in [0.1, 0.15) is 30.2 Å². The van der Waals surface area contributed by atoms with Crippen molar-refractivity contribution in [2.24, 2.45) is 4.99 Å². The highest BCUT2D eigenvalue weighted by atomic mass is 79.9. The minimum absolute atomic E-state index is 0.219. The van der Waals surface area contributed by atoms with Crippen molar-refractivity contribution in [2.45, 2.75) is 25.4 Å². The molecule has 1 saturated heterocycles. The van der Waals surface area contributed by atoms with Gasteiger partial charge in [0.05, 0.1) is 23.9 Å². The number of furan rings is 1. The quantitative estimate of drug-likeness (QED) is 0.515. The first-order valence-electron chi connectivity index (χ1n) is 9.25. The Morgan fingerprint density at radius 1 is 1.30 bits per heavy atom. The third-order valence-corrected chi connectivity index (χ3v) is 5.44. The van der Waals surface area contributed by atoms with Gasteiger partial charge in [0.15, 0.2) is 5.96 Å². The molecule has 1 aromatic carbocycles. The maximum absolute atomic E-state index is 5.68. The van der Waals surface area contributed by atoms with Gasteiger partial charge in [-0.25, -0.2) is 0 Å². The smallest absolute Gasteiger partial charge is 0.191 e. The maximum atomic E-state index is 5.68. The van der Waals surface area contributed by atoms with Crippen molar-refractivity contribution in [3.8, 4) is 5.75 Å². The lowest BCUT2D eigenvalue weighted by molar-refractivity contribution is 0.215. The van der Waals surface area contributed by atoms with E-state index in [-0.39, 0.29) is 6.04 Å². The van der Waals surface area contributed by atoms with Crippen LogP contribution in [0, 0.1) is 0 Å². The zero-order chi connectivity index (χ0) is 19.1. The summed E-state index contributed by atoms with van der Waals surface area (Å²) in [6, 6.07) is 10.3. The molecule has 1 aliphatic rings. The number of nitrogens with zero attached hydrogens (tertiary/aromatic N) is 2. The number of benzene rings is 1. The van der Waals surface area contributed by atoms with E-state index < -0.39 is 0 Å². The van der Waals surface area contributed by atoms with Gasteiger partial charge in [0.25, 0.3) is 0 Å². The molecule has 1 fully saturated rings. The minimum atomic E-state index is 0.219. The Hall–Kier alpha value is -1.99. The zero-order valence-electron chi connectivity index (χ0n) is 15.9. The van der Waals surface area contributed by atoms with Crippen molar-refractivity contribution in [1.29, 1.82) is 0 Å². The van der Waals surface area contributed by atoms with E-state index in [1.165, 1.54) is 12.8 Å². The summed E-state index contributed by atoms with van der Waals surface area (Å²) in [5, 5.41) is 6.81. The van der Waals surface area contributed by atoms with Gasteiger partial charge in [-0.1, -0.05) is 6.07 Å². The van der Waals surface area contributed by atoms with Gasteiger partial charge in [0, 0.05) is 20.1 Å². The fraction of sp³-hybridized carbons (Fsp3) is 0.450. The molecular weight excluding hydrogens is 408 g/mol. The number of nitrogens with one attached hydrogen (secondary N) is 2. The zero-order valence-corrected chi connectivity index (χ0v) is 17.5. The molecule has 2 N–H and O–H groups in total. The predicted octanol–water partition coefficient (Wildman–Crippen LogP) is 3.55. The highest BCUT2D eigenvalue weighted by molar-refractivity contribution is 9.10. The summed E-state index contributed by atoms with van der Waals surface area (Å²) in [5.41, 5.74) is 1.15. The third-order valence-electron chi connectivity index (χ3n) is 4.82. The molecule has 146 valence electrons. The third kappa shape index (κ3) is 5.26. The van der Waals surface area contributed by atoms with Crippen LogP contribution in [0.5, 0.6) is 5.75 Å². The fourth-order valence-electron chi connectivity index (χ4n) is 3.36. The number of rotatable bonds is 7. The summed E-state index contributed by atoms with van der Waals surface area (Å²) >= 11 is 3.53. The summed E-state index contributed by atoms with van der Waals surface area (Å²) in [5.74, 6) is 2.60. The molecule has 0 spiro atoms. The molecule has 1 aliphatic heterocycles. The molecule has 1 atom stereocenters. The highest BCUT2D eigenvalue weighted by Gasteiger charge is 2.25. The topological polar surface area (TPSA) is 62.0 Å². The molecule has 0 aliphatic carbocycles. The average molecular weight is 435 g/mol. The number of methoxy groups -OCH3 is 1. The van der Waals surface area contributed by atoms with Crippen molar-refractivity contribution < 1.29 is 9.15 Å². The fourth-order valence-corrected chi connectivity index (χ4v) is 3.95. The van der Waals surface area contributed by atoms with Gasteiger partial charge in [-0.2, -0.15) is 0 Å². The second-order valence-corrected chi connectivity index (χ2v) is 7.40. The molecule has 7 heteroatoms. The number of halogens is 1. The summed E-state index contributed by atoms with van der Waals surface area (Å²) in [7, 11) is 3.45. The first-order valence-corrected chi connectivity index (χ1v) is 10.0. The van der Waals surface area contributed by atoms with Crippen molar-refractivity contribution in [3.05, 3.63) is 52.4 Å². The lowest BCUT2D eigenvalue weighted by atomic mass is 10.2. The van der Waals surface area contributed by atoms with E-state index in [0.29, 0.717) is 6.54 Å². The van der Waals surface area contributed by atoms with Gasteiger partial charge >= 0.3 is 0 Å². The first kappa shape index (κ1) is 19.8. The Morgan fingerprint density at radius 3 is 2.74 bits per heavy atom. The summed E-state index contributed by atoms with van der Waals surface area (Å²) < 4.78 is 11.9. The van der Waals surface area contributed by atoms with Gasteiger partial charge in [-0.05, 0) is 71.7 Å². The van der Waals surface area contributed by atoms with Crippen molar-refractivity contribution in [2.75, 3.05) is 33.8 Å². The van der Waals surface area contributed by atoms with E-state index >= 15 is 0 Å². The Kier molecular flexibility index (Phi) is 7.18. The number of likely N-dealkylation sites (tertiary alicyclic amines) is 1. The van der Waals surface area contributed by atoms with E-state index in [9.17, 15) is 0 Å². The number of aliphatic imine (C=N–C) groups is 1. The molecule has 27 heavy (non-hydrogen) atoms. The highest BCUT2D eigenvalue weighted by Crippen LogP contribution is 2.26. The van der Waals surface area contributed by atoms with Crippen LogP contribution in [0.4, 0.5) is 0 Å². The molecule has 3 rings (SSSR count). The van der Waals surface area contributed by atoms with Crippen molar-refractivity contribution in [1.82, 2.24) is 15.5 Å². The van der Waals surface area contributed by atoms with Gasteiger partial charge in [0.2, 0.25) is 0 Å². The average Bonchev–Trinajstić information content (AvgIpc) is 3.39. The standard InChI is InChI=1S/C20H27BrN4O2/c1-22-20(23-13-15-7-8-18(26-2)16(21)12-15)24-14-17(19-6-5-11-27-19)25-9-3-4-10-25/h5-8,11-12,17H,3-4,9-10,13-14H2,1-2H3,(H2,22,23,24). The van der Waals surface area contributed by atoms with Gasteiger partial charge in [0.1, 0.15) is 11.5 Å². The number of hydrogen-bond donors (Lipinski definition) is 2. The second kappa shape index (κ2) is 9.80. The molecule has 6 nitrogen and oxygen atoms in total. The molecule has 2 heterocycles. The molecule has 2 aromatic rings. The van der Waals surface area contributed by atoms with Crippen LogP contribution in [-0.2, 0) is 6.54 Å². The number of hydrogen-bond acceptors (Lipinski definition) is 4. The van der Waals surface area contributed by atoms with Gasteiger partial charge < -0.3 is 19.8 Å². The summed E-state index contributed by atoms with van der Waals surface area (Å²) in [4.78, 5) is 6.82. The largest absolute Gasteiger partial charge is 0.496 e. The molecule has 0 saturated carbocycles. The number of guanidine groups is 1. The number of ether oxygens (including phenoxy) is 1. The van der Waals surface area contributed by atoms with Crippen LogP contribution in [0.3, 0.4) is 0 Å². The predicted molar refractivity (Wildman–Crippen MR) is 111 cm³/mol. The Morgan fingerprint density at radius 2 is 2.11 bits per heavy atom. The summed E-state index contributed by atoms with van der Waals surface area (Å²) in [6.45, 7) is 3.65. The van der Waals surface area contributed by atoms with Gasteiger partial charge in [-0.15, -0.1) is 0 Å². The van der Waals surface area contributed by atoms with E-state index in [1.54, 1.807) is 20.4 Å². The lowest BCUT2D eigenvalue weighted by Crippen LogP contribution is -2.42. The monoisotopic (exact) mass is 434 g/mol. The summed E-state index contributed by atoms with van der Waals surface area (Å²) in [6.07, 6.45) is 4.24. The first-order chi connectivity index (χ1) is 13.2. The van der Waals surface area contributed by atoms with Gasteiger partial charge in [-0.3, -0.25) is 9.89 Å². The van der Waals surface area contributed by atoms with E-state index in [2.05, 4.69) is 48.6 Å². The van der Waals surface area contributed by atoms with Crippen LogP contribution in [0.25, 0.3) is 0 Å². The van der Waals surface area contributed by atoms with Crippen LogP contribution in [0.15, 0.2) is 50.5 Å². The van der Waals surface area contributed by atoms with Crippen LogP contribution in [-0.4, -0.2) is 44.7 Å².